The largest absolute Gasteiger partial charge is 0.492 e. The van der Waals surface area contributed by atoms with E-state index in [4.69, 9.17) is 4.74 Å². The maximum atomic E-state index is 14.1. The van der Waals surface area contributed by atoms with Crippen molar-refractivity contribution in [2.24, 2.45) is 0 Å². The molecule has 0 amide bonds. The van der Waals surface area contributed by atoms with Crippen molar-refractivity contribution in [2.75, 3.05) is 33.9 Å². The van der Waals surface area contributed by atoms with Gasteiger partial charge in [0.15, 0.2) is 0 Å². The Kier molecular flexibility index (Phi) is 8.60. The fraction of sp³-hybridized carbons (Fsp3) is 0.286. The molecule has 0 spiro atoms. The molecule has 168 valence electrons. The molecular formula is C28H32FNO2. The van der Waals surface area contributed by atoms with Gasteiger partial charge in [-0.2, -0.15) is 0 Å². The molecule has 3 nitrogen and oxygen atoms in total. The first-order valence-electron chi connectivity index (χ1n) is 11.0. The van der Waals surface area contributed by atoms with Crippen molar-refractivity contribution in [1.82, 2.24) is 4.90 Å². The van der Waals surface area contributed by atoms with Crippen molar-refractivity contribution in [3.8, 4) is 5.75 Å². The third-order valence-electron chi connectivity index (χ3n) is 5.35. The van der Waals surface area contributed by atoms with Crippen LogP contribution in [-0.2, 0) is 0 Å². The molecule has 32 heavy (non-hydrogen) atoms. The van der Waals surface area contributed by atoms with E-state index in [2.05, 4.69) is 48.2 Å². The Morgan fingerprint density at radius 2 is 1.56 bits per heavy atom. The third-order valence-corrected chi connectivity index (χ3v) is 5.35. The van der Waals surface area contributed by atoms with Crippen LogP contribution < -0.4 is 4.74 Å². The molecular weight excluding hydrogens is 401 g/mol. The van der Waals surface area contributed by atoms with Crippen molar-refractivity contribution >= 4 is 11.1 Å². The number of aliphatic hydroxyl groups excluding tert-OH is 1. The molecule has 0 saturated heterocycles. The zero-order valence-electron chi connectivity index (χ0n) is 19.1. The number of aliphatic hydroxyl groups is 1. The Balaban J connectivity index is 2.08. The summed E-state index contributed by atoms with van der Waals surface area (Å²) >= 11 is 0. The number of hydrogen-bond acceptors (Lipinski definition) is 3. The molecule has 3 rings (SSSR count). The maximum Gasteiger partial charge on any atom is 0.123 e. The van der Waals surface area contributed by atoms with E-state index in [9.17, 15) is 9.50 Å². The minimum absolute atomic E-state index is 0.0820. The molecule has 0 atom stereocenters. The lowest BCUT2D eigenvalue weighted by Gasteiger charge is -2.18. The van der Waals surface area contributed by atoms with Crippen LogP contribution in [0.15, 0.2) is 72.8 Å². The van der Waals surface area contributed by atoms with Gasteiger partial charge >= 0.3 is 0 Å². The van der Waals surface area contributed by atoms with E-state index in [1.54, 1.807) is 12.1 Å². The maximum absolute atomic E-state index is 14.1. The summed E-state index contributed by atoms with van der Waals surface area (Å²) in [4.78, 5) is 2.08. The molecule has 0 aliphatic carbocycles. The lowest BCUT2D eigenvalue weighted by molar-refractivity contribution is 0.261. The zero-order chi connectivity index (χ0) is 22.9. The molecule has 0 heterocycles. The van der Waals surface area contributed by atoms with Crippen LogP contribution in [0.3, 0.4) is 0 Å². The molecule has 1 N–H and O–H groups in total. The van der Waals surface area contributed by atoms with Gasteiger partial charge in [-0.15, -0.1) is 0 Å². The topological polar surface area (TPSA) is 32.7 Å². The standard InChI is InChI=1S/C28H32FNO2/c1-21-9-11-22(12-10-21)28(23-13-15-26(16-14-23)32-19-17-30(2)3)27(8-5-18-31)24-6-4-7-25(29)20-24/h4,6-7,9-16,20,31H,5,8,17-19H2,1-3H3. The van der Waals surface area contributed by atoms with E-state index in [0.717, 1.165) is 40.1 Å². The number of likely N-dealkylation sites (N-methyl/N-ethyl adjacent to an activating group) is 1. The van der Waals surface area contributed by atoms with Crippen molar-refractivity contribution in [3.05, 3.63) is 101 Å². The van der Waals surface area contributed by atoms with E-state index >= 15 is 0 Å². The monoisotopic (exact) mass is 433 g/mol. The quantitative estimate of drug-likeness (QED) is 0.410. The molecule has 0 radical (unpaired) electrons. The van der Waals surface area contributed by atoms with E-state index < -0.39 is 0 Å². The highest BCUT2D eigenvalue weighted by Gasteiger charge is 2.15. The fourth-order valence-electron chi connectivity index (χ4n) is 3.64. The van der Waals surface area contributed by atoms with E-state index in [1.807, 2.05) is 32.3 Å². The number of hydrogen-bond donors (Lipinski definition) is 1. The van der Waals surface area contributed by atoms with Crippen molar-refractivity contribution in [2.45, 2.75) is 19.8 Å². The second-order valence-electron chi connectivity index (χ2n) is 8.23. The predicted molar refractivity (Wildman–Crippen MR) is 130 cm³/mol. The molecule has 3 aromatic carbocycles. The van der Waals surface area contributed by atoms with Crippen LogP contribution in [0.4, 0.5) is 4.39 Å². The normalized spacial score (nSPS) is 12.1. The van der Waals surface area contributed by atoms with Crippen LogP contribution in [0.2, 0.25) is 0 Å². The minimum atomic E-state index is -0.267. The van der Waals surface area contributed by atoms with Crippen LogP contribution in [-0.4, -0.2) is 43.9 Å². The summed E-state index contributed by atoms with van der Waals surface area (Å²) < 4.78 is 20.0. The Labute approximate surface area is 190 Å². The van der Waals surface area contributed by atoms with Gasteiger partial charge in [-0.1, -0.05) is 54.1 Å². The van der Waals surface area contributed by atoms with Gasteiger partial charge in [-0.25, -0.2) is 4.39 Å². The van der Waals surface area contributed by atoms with Crippen molar-refractivity contribution in [3.63, 3.8) is 0 Å². The van der Waals surface area contributed by atoms with Crippen molar-refractivity contribution < 1.29 is 14.2 Å². The molecule has 0 saturated carbocycles. The van der Waals surface area contributed by atoms with Crippen molar-refractivity contribution in [1.29, 1.82) is 0 Å². The summed E-state index contributed by atoms with van der Waals surface area (Å²) in [5, 5.41) is 9.52. The second-order valence-corrected chi connectivity index (χ2v) is 8.23. The smallest absolute Gasteiger partial charge is 0.123 e. The van der Waals surface area contributed by atoms with E-state index in [0.29, 0.717) is 19.4 Å². The summed E-state index contributed by atoms with van der Waals surface area (Å²) in [7, 11) is 4.04. The molecule has 0 aliphatic rings. The molecule has 0 bridgehead atoms. The van der Waals surface area contributed by atoms with Gasteiger partial charge in [-0.05, 0) is 86.0 Å². The SMILES string of the molecule is Cc1ccc(C(=C(CCCO)c2cccc(F)c2)c2ccc(OCCN(C)C)cc2)cc1. The summed E-state index contributed by atoms with van der Waals surface area (Å²) in [6.45, 7) is 3.62. The average molecular weight is 434 g/mol. The summed E-state index contributed by atoms with van der Waals surface area (Å²) in [5.41, 5.74) is 6.17. The predicted octanol–water partition coefficient (Wildman–Crippen LogP) is 5.81. The Morgan fingerprint density at radius 1 is 0.906 bits per heavy atom. The van der Waals surface area contributed by atoms with Gasteiger partial charge in [-0.3, -0.25) is 0 Å². The van der Waals surface area contributed by atoms with Gasteiger partial charge in [0, 0.05) is 13.2 Å². The van der Waals surface area contributed by atoms with Crippen LogP contribution in [0.25, 0.3) is 11.1 Å². The number of rotatable bonds is 10. The molecule has 0 fully saturated rings. The lowest BCUT2D eigenvalue weighted by Crippen LogP contribution is -2.19. The summed E-state index contributed by atoms with van der Waals surface area (Å²) in [6, 6.07) is 23.1. The summed E-state index contributed by atoms with van der Waals surface area (Å²) in [5.74, 6) is 0.554. The zero-order valence-corrected chi connectivity index (χ0v) is 19.1. The van der Waals surface area contributed by atoms with Crippen LogP contribution in [0.1, 0.15) is 35.1 Å². The first-order chi connectivity index (χ1) is 15.5. The Morgan fingerprint density at radius 3 is 2.16 bits per heavy atom. The number of aryl methyl sites for hydroxylation is 1. The van der Waals surface area contributed by atoms with Gasteiger partial charge < -0.3 is 14.7 Å². The van der Waals surface area contributed by atoms with E-state index in [1.165, 1.54) is 11.6 Å². The van der Waals surface area contributed by atoms with E-state index in [-0.39, 0.29) is 12.4 Å². The third kappa shape index (κ3) is 6.52. The van der Waals surface area contributed by atoms with Crippen LogP contribution >= 0.6 is 0 Å². The highest BCUT2D eigenvalue weighted by atomic mass is 19.1. The fourth-order valence-corrected chi connectivity index (χ4v) is 3.64. The van der Waals surface area contributed by atoms with Gasteiger partial charge in [0.1, 0.15) is 18.2 Å². The Bertz CT molecular complexity index is 1020. The first kappa shape index (κ1) is 23.7. The second kappa shape index (κ2) is 11.6. The molecule has 0 aromatic heterocycles. The number of benzene rings is 3. The number of nitrogens with zero attached hydrogens (tertiary/aromatic N) is 1. The Hall–Kier alpha value is -2.95. The van der Waals surface area contributed by atoms with Gasteiger partial charge in [0.05, 0.1) is 0 Å². The van der Waals surface area contributed by atoms with Gasteiger partial charge in [0.2, 0.25) is 0 Å². The highest BCUT2D eigenvalue weighted by Crippen LogP contribution is 2.36. The minimum Gasteiger partial charge on any atom is -0.492 e. The highest BCUT2D eigenvalue weighted by molar-refractivity contribution is 5.98. The molecule has 0 unspecified atom stereocenters. The lowest BCUT2D eigenvalue weighted by atomic mass is 9.87. The first-order valence-corrected chi connectivity index (χ1v) is 11.0. The number of allylic oxidation sites excluding steroid dienone is 1. The summed E-state index contributed by atoms with van der Waals surface area (Å²) in [6.07, 6.45) is 1.25. The number of ether oxygens (including phenoxy) is 1. The molecule has 0 aliphatic heterocycles. The number of halogens is 1. The molecule has 4 heteroatoms. The average Bonchev–Trinajstić information content (AvgIpc) is 2.78. The molecule has 3 aromatic rings. The van der Waals surface area contributed by atoms with Gasteiger partial charge in [0.25, 0.3) is 0 Å². The van der Waals surface area contributed by atoms with Crippen LogP contribution in [0.5, 0.6) is 5.75 Å². The van der Waals surface area contributed by atoms with Crippen LogP contribution in [0, 0.1) is 12.7 Å².